The molecule has 1 rings (SSSR count). The molecule has 0 saturated carbocycles. The molecule has 98 valence electrons. The summed E-state index contributed by atoms with van der Waals surface area (Å²) in [6.45, 7) is 0.0447. The molecule has 7 heteroatoms. The van der Waals surface area contributed by atoms with Crippen LogP contribution in [0.5, 0.6) is 0 Å². The Morgan fingerprint density at radius 2 is 1.94 bits per heavy atom. The van der Waals surface area contributed by atoms with E-state index in [4.69, 9.17) is 5.73 Å². The Balaban J connectivity index is 2.58. The van der Waals surface area contributed by atoms with Crippen LogP contribution in [0.15, 0.2) is 24.3 Å². The quantitative estimate of drug-likeness (QED) is 0.791. The highest BCUT2D eigenvalue weighted by Crippen LogP contribution is 2.29. The first-order valence-corrected chi connectivity index (χ1v) is 5.04. The minimum atomic E-state index is -4.40. The van der Waals surface area contributed by atoms with Gasteiger partial charge in [-0.15, -0.1) is 0 Å². The molecule has 4 nitrogen and oxygen atoms in total. The molecule has 0 unspecified atom stereocenters. The summed E-state index contributed by atoms with van der Waals surface area (Å²) in [6, 6.07) is 4.75. The maximum Gasteiger partial charge on any atom is 0.416 e. The van der Waals surface area contributed by atoms with Gasteiger partial charge < -0.3 is 11.1 Å². The normalized spacial score (nSPS) is 11.1. The lowest BCUT2D eigenvalue weighted by atomic mass is 10.1. The molecule has 0 radical (unpaired) electrons. The number of rotatable bonds is 3. The van der Waals surface area contributed by atoms with Crippen LogP contribution >= 0.6 is 0 Å². The molecule has 1 aromatic rings. The molecule has 0 bridgehead atoms. The summed E-state index contributed by atoms with van der Waals surface area (Å²) in [5.74, 6) is -2.08. The first-order chi connectivity index (χ1) is 8.30. The second kappa shape index (κ2) is 5.52. The van der Waals surface area contributed by atoms with E-state index in [1.165, 1.54) is 12.1 Å². The lowest BCUT2D eigenvalue weighted by Gasteiger charge is -2.08. The summed E-state index contributed by atoms with van der Waals surface area (Å²) in [5.41, 5.74) is 4.36. The molecule has 0 aliphatic heterocycles. The Morgan fingerprint density at radius 1 is 1.28 bits per heavy atom. The van der Waals surface area contributed by atoms with Gasteiger partial charge in [0.2, 0.25) is 0 Å². The van der Waals surface area contributed by atoms with Gasteiger partial charge in [-0.05, 0) is 18.1 Å². The minimum Gasteiger partial charge on any atom is -0.361 e. The molecule has 0 aromatic heterocycles. The van der Waals surface area contributed by atoms with Crippen molar-refractivity contribution in [3.05, 3.63) is 35.4 Å². The molecular formula is C11H11F3N2O2. The predicted molar refractivity (Wildman–Crippen MR) is 57.4 cm³/mol. The highest BCUT2D eigenvalue weighted by Gasteiger charge is 2.30. The van der Waals surface area contributed by atoms with Crippen molar-refractivity contribution in [2.75, 3.05) is 6.54 Å². The lowest BCUT2D eigenvalue weighted by Crippen LogP contribution is -2.37. The number of amides is 2. The fourth-order valence-electron chi connectivity index (χ4n) is 1.31. The Bertz CT molecular complexity index is 458. The smallest absolute Gasteiger partial charge is 0.361 e. The van der Waals surface area contributed by atoms with Crippen LogP contribution in [0.1, 0.15) is 11.1 Å². The molecule has 0 fully saturated rings. The fourth-order valence-corrected chi connectivity index (χ4v) is 1.31. The molecule has 0 spiro atoms. The summed E-state index contributed by atoms with van der Waals surface area (Å²) < 4.78 is 37.2. The van der Waals surface area contributed by atoms with E-state index in [0.717, 1.165) is 12.1 Å². The first kappa shape index (κ1) is 14.0. The highest BCUT2D eigenvalue weighted by atomic mass is 19.4. The topological polar surface area (TPSA) is 72.2 Å². The van der Waals surface area contributed by atoms with Gasteiger partial charge in [0.1, 0.15) is 0 Å². The molecule has 0 aliphatic carbocycles. The molecule has 18 heavy (non-hydrogen) atoms. The summed E-state index contributed by atoms with van der Waals surface area (Å²) in [7, 11) is 0. The number of nitrogens with two attached hydrogens (primary N) is 1. The van der Waals surface area contributed by atoms with Crippen molar-refractivity contribution in [3.8, 4) is 0 Å². The van der Waals surface area contributed by atoms with E-state index in [1.54, 1.807) is 0 Å². The van der Waals surface area contributed by atoms with E-state index in [1.807, 2.05) is 0 Å². The molecule has 0 aliphatic rings. The monoisotopic (exact) mass is 260 g/mol. The van der Waals surface area contributed by atoms with Crippen molar-refractivity contribution >= 4 is 11.8 Å². The zero-order valence-electron chi connectivity index (χ0n) is 9.25. The van der Waals surface area contributed by atoms with E-state index in [2.05, 4.69) is 5.32 Å². The van der Waals surface area contributed by atoms with Gasteiger partial charge in [0.05, 0.1) is 5.56 Å². The number of nitrogens with one attached hydrogen (secondary N) is 1. The average Bonchev–Trinajstić information content (AvgIpc) is 2.28. The summed E-state index contributed by atoms with van der Waals surface area (Å²) in [5, 5.41) is 2.19. The highest BCUT2D eigenvalue weighted by molar-refractivity contribution is 6.34. The zero-order chi connectivity index (χ0) is 13.8. The van der Waals surface area contributed by atoms with Crippen molar-refractivity contribution in [3.63, 3.8) is 0 Å². The average molecular weight is 260 g/mol. The third-order valence-electron chi connectivity index (χ3n) is 2.18. The Hall–Kier alpha value is -2.05. The van der Waals surface area contributed by atoms with Gasteiger partial charge in [-0.1, -0.05) is 18.2 Å². The Labute approximate surface area is 101 Å². The van der Waals surface area contributed by atoms with Crippen LogP contribution in [0.25, 0.3) is 0 Å². The lowest BCUT2D eigenvalue weighted by molar-refractivity contribution is -0.137. The van der Waals surface area contributed by atoms with E-state index in [9.17, 15) is 22.8 Å². The van der Waals surface area contributed by atoms with Gasteiger partial charge in [-0.25, -0.2) is 0 Å². The molecule has 0 atom stereocenters. The summed E-state index contributed by atoms with van der Waals surface area (Å²) in [4.78, 5) is 21.2. The van der Waals surface area contributed by atoms with Crippen molar-refractivity contribution in [1.82, 2.24) is 5.32 Å². The number of primary amides is 1. The fraction of sp³-hybridized carbons (Fsp3) is 0.273. The zero-order valence-corrected chi connectivity index (χ0v) is 9.25. The van der Waals surface area contributed by atoms with Crippen LogP contribution in [0, 0.1) is 0 Å². The number of hydrogen-bond acceptors (Lipinski definition) is 2. The number of carbonyl (C=O) groups is 2. The Kier molecular flexibility index (Phi) is 4.30. The first-order valence-electron chi connectivity index (χ1n) is 5.04. The number of alkyl halides is 3. The molecule has 1 aromatic carbocycles. The third-order valence-corrected chi connectivity index (χ3v) is 2.18. The van der Waals surface area contributed by atoms with Crippen LogP contribution in [0.4, 0.5) is 13.2 Å². The number of benzene rings is 1. The van der Waals surface area contributed by atoms with Gasteiger partial charge in [0, 0.05) is 6.54 Å². The van der Waals surface area contributed by atoms with Gasteiger partial charge in [-0.3, -0.25) is 9.59 Å². The second-order valence-electron chi connectivity index (χ2n) is 3.57. The van der Waals surface area contributed by atoms with Gasteiger partial charge in [0.15, 0.2) is 0 Å². The van der Waals surface area contributed by atoms with Gasteiger partial charge >= 0.3 is 18.0 Å². The van der Waals surface area contributed by atoms with E-state index >= 15 is 0 Å². The molecule has 0 saturated heterocycles. The van der Waals surface area contributed by atoms with Crippen LogP contribution in [0.2, 0.25) is 0 Å². The summed E-state index contributed by atoms with van der Waals surface area (Å²) >= 11 is 0. The summed E-state index contributed by atoms with van der Waals surface area (Å²) in [6.07, 6.45) is -4.21. The second-order valence-corrected chi connectivity index (χ2v) is 3.57. The van der Waals surface area contributed by atoms with Crippen LogP contribution in [-0.4, -0.2) is 18.4 Å². The van der Waals surface area contributed by atoms with Gasteiger partial charge in [0.25, 0.3) is 0 Å². The number of carbonyl (C=O) groups excluding carboxylic acids is 2. The third kappa shape index (κ3) is 4.08. The van der Waals surface area contributed by atoms with Crippen molar-refractivity contribution in [1.29, 1.82) is 0 Å². The van der Waals surface area contributed by atoms with Crippen LogP contribution in [-0.2, 0) is 22.2 Å². The van der Waals surface area contributed by atoms with E-state index in [0.29, 0.717) is 5.56 Å². The molecule has 2 amide bonds. The van der Waals surface area contributed by atoms with E-state index in [-0.39, 0.29) is 13.0 Å². The number of halogens is 3. The van der Waals surface area contributed by atoms with Gasteiger partial charge in [-0.2, -0.15) is 13.2 Å². The van der Waals surface area contributed by atoms with Crippen molar-refractivity contribution in [2.45, 2.75) is 12.6 Å². The predicted octanol–water partition coefficient (Wildman–Crippen LogP) is 0.849. The van der Waals surface area contributed by atoms with Crippen molar-refractivity contribution in [2.24, 2.45) is 5.73 Å². The Morgan fingerprint density at radius 3 is 2.50 bits per heavy atom. The number of hydrogen-bond donors (Lipinski definition) is 2. The molecule has 0 heterocycles. The molecular weight excluding hydrogens is 249 g/mol. The largest absolute Gasteiger partial charge is 0.416 e. The minimum absolute atomic E-state index is 0.0447. The maximum absolute atomic E-state index is 12.4. The van der Waals surface area contributed by atoms with E-state index < -0.39 is 23.6 Å². The van der Waals surface area contributed by atoms with Crippen LogP contribution < -0.4 is 11.1 Å². The van der Waals surface area contributed by atoms with Crippen LogP contribution in [0.3, 0.4) is 0 Å². The standard InChI is InChI=1S/C11H11F3N2O2/c12-11(13,14)8-3-1-2-7(6-8)4-5-16-10(18)9(15)17/h1-3,6H,4-5H2,(H2,15,17)(H,16,18). The molecule has 3 N–H and O–H groups in total. The SMILES string of the molecule is NC(=O)C(=O)NCCc1cccc(C(F)(F)F)c1. The maximum atomic E-state index is 12.4. The van der Waals surface area contributed by atoms with Crippen molar-refractivity contribution < 1.29 is 22.8 Å².